The van der Waals surface area contributed by atoms with E-state index >= 15 is 0 Å². The molecule has 18 heavy (non-hydrogen) atoms. The normalized spacial score (nSPS) is 30.5. The van der Waals surface area contributed by atoms with E-state index in [2.05, 4.69) is 36.0 Å². The predicted octanol–water partition coefficient (Wildman–Crippen LogP) is 1.79. The number of hydrogen-bond donors (Lipinski definition) is 1. The summed E-state index contributed by atoms with van der Waals surface area (Å²) in [6, 6.07) is 0.721. The van der Waals surface area contributed by atoms with Crippen molar-refractivity contribution >= 4 is 0 Å². The van der Waals surface area contributed by atoms with E-state index < -0.39 is 0 Å². The lowest BCUT2D eigenvalue weighted by Gasteiger charge is -2.45. The number of piperazine rings is 1. The summed E-state index contributed by atoms with van der Waals surface area (Å²) in [4.78, 5) is 5.22. The number of likely N-dealkylation sites (N-methyl/N-ethyl adjacent to an activating group) is 1. The van der Waals surface area contributed by atoms with Crippen molar-refractivity contribution in [2.45, 2.75) is 45.6 Å². The minimum atomic E-state index is 0.607. The first-order valence-corrected chi connectivity index (χ1v) is 7.78. The maximum absolute atomic E-state index is 3.52. The topological polar surface area (TPSA) is 18.5 Å². The minimum Gasteiger partial charge on any atom is -0.317 e. The van der Waals surface area contributed by atoms with Crippen LogP contribution in [0, 0.1) is 5.41 Å². The second-order valence-electron chi connectivity index (χ2n) is 6.56. The van der Waals surface area contributed by atoms with E-state index in [0.717, 1.165) is 6.04 Å². The third-order valence-electron chi connectivity index (χ3n) is 5.05. The van der Waals surface area contributed by atoms with Gasteiger partial charge in [0, 0.05) is 32.2 Å². The van der Waals surface area contributed by atoms with Gasteiger partial charge in [-0.2, -0.15) is 0 Å². The highest BCUT2D eigenvalue weighted by molar-refractivity contribution is 4.89. The molecule has 2 fully saturated rings. The summed E-state index contributed by atoms with van der Waals surface area (Å²) < 4.78 is 0. The highest BCUT2D eigenvalue weighted by Gasteiger charge is 2.34. The van der Waals surface area contributed by atoms with Crippen molar-refractivity contribution in [1.82, 2.24) is 15.1 Å². The summed E-state index contributed by atoms with van der Waals surface area (Å²) in [5, 5.41) is 3.52. The molecule has 0 aromatic heterocycles. The average molecular weight is 253 g/mol. The van der Waals surface area contributed by atoms with Gasteiger partial charge in [0.25, 0.3) is 0 Å². The fourth-order valence-corrected chi connectivity index (χ4v) is 3.72. The Morgan fingerprint density at radius 1 is 1.22 bits per heavy atom. The molecular weight excluding hydrogens is 222 g/mol. The van der Waals surface area contributed by atoms with E-state index in [0.29, 0.717) is 5.41 Å². The van der Waals surface area contributed by atoms with Crippen LogP contribution in [-0.2, 0) is 0 Å². The Hall–Kier alpha value is -0.120. The van der Waals surface area contributed by atoms with E-state index in [1.807, 2.05) is 0 Å². The van der Waals surface area contributed by atoms with Crippen molar-refractivity contribution in [2.75, 3.05) is 46.3 Å². The van der Waals surface area contributed by atoms with Gasteiger partial charge in [-0.05, 0) is 51.7 Å². The fraction of sp³-hybridized carbons (Fsp3) is 1.00. The van der Waals surface area contributed by atoms with Crippen LogP contribution in [0.1, 0.15) is 39.5 Å². The highest BCUT2D eigenvalue weighted by Crippen LogP contribution is 2.35. The van der Waals surface area contributed by atoms with Crippen molar-refractivity contribution < 1.29 is 0 Å². The molecule has 2 rings (SSSR count). The molecule has 3 nitrogen and oxygen atoms in total. The lowest BCUT2D eigenvalue weighted by Crippen LogP contribution is -2.54. The zero-order valence-electron chi connectivity index (χ0n) is 12.5. The van der Waals surface area contributed by atoms with E-state index in [1.165, 1.54) is 65.0 Å². The summed E-state index contributed by atoms with van der Waals surface area (Å²) in [6.45, 7) is 12.3. The number of piperidine rings is 1. The lowest BCUT2D eigenvalue weighted by atomic mass is 9.75. The molecule has 1 atom stereocenters. The van der Waals surface area contributed by atoms with Crippen molar-refractivity contribution in [3.05, 3.63) is 0 Å². The second-order valence-corrected chi connectivity index (χ2v) is 6.56. The number of hydrogen-bond acceptors (Lipinski definition) is 3. The molecule has 0 aromatic carbocycles. The number of rotatable bonds is 4. The molecule has 1 N–H and O–H groups in total. The molecule has 0 bridgehead atoms. The lowest BCUT2D eigenvalue weighted by molar-refractivity contribution is 0.0455. The van der Waals surface area contributed by atoms with Crippen molar-refractivity contribution in [2.24, 2.45) is 5.41 Å². The Kier molecular flexibility index (Phi) is 5.05. The van der Waals surface area contributed by atoms with E-state index in [4.69, 9.17) is 0 Å². The monoisotopic (exact) mass is 253 g/mol. The average Bonchev–Trinajstić information content (AvgIpc) is 2.35. The van der Waals surface area contributed by atoms with Crippen molar-refractivity contribution in [1.29, 1.82) is 0 Å². The van der Waals surface area contributed by atoms with Crippen LogP contribution in [0.15, 0.2) is 0 Å². The fourth-order valence-electron chi connectivity index (χ4n) is 3.72. The van der Waals surface area contributed by atoms with Crippen LogP contribution in [0.5, 0.6) is 0 Å². The molecule has 2 aliphatic rings. The molecule has 0 aromatic rings. The Morgan fingerprint density at radius 3 is 2.56 bits per heavy atom. The molecule has 0 amide bonds. The summed E-state index contributed by atoms with van der Waals surface area (Å²) in [5.41, 5.74) is 0.607. The summed E-state index contributed by atoms with van der Waals surface area (Å²) in [7, 11) is 2.26. The van der Waals surface area contributed by atoms with Gasteiger partial charge < -0.3 is 10.2 Å². The van der Waals surface area contributed by atoms with E-state index in [9.17, 15) is 0 Å². The first-order chi connectivity index (χ1) is 8.65. The molecule has 2 aliphatic heterocycles. The number of nitrogens with zero attached hydrogens (tertiary/aromatic N) is 2. The molecule has 3 heteroatoms. The zero-order chi connectivity index (χ0) is 13.0. The van der Waals surface area contributed by atoms with Crippen LogP contribution in [-0.4, -0.2) is 62.2 Å². The maximum atomic E-state index is 3.52. The maximum Gasteiger partial charge on any atom is 0.0192 e. The van der Waals surface area contributed by atoms with Gasteiger partial charge in [0.05, 0.1) is 0 Å². The molecule has 0 radical (unpaired) electrons. The molecular formula is C15H31N3. The highest BCUT2D eigenvalue weighted by atomic mass is 15.3. The van der Waals surface area contributed by atoms with E-state index in [1.54, 1.807) is 0 Å². The third-order valence-corrected chi connectivity index (χ3v) is 5.05. The minimum absolute atomic E-state index is 0.607. The van der Waals surface area contributed by atoms with Gasteiger partial charge in [-0.1, -0.05) is 13.3 Å². The molecule has 2 heterocycles. The first-order valence-electron chi connectivity index (χ1n) is 7.78. The van der Waals surface area contributed by atoms with Gasteiger partial charge in [0.1, 0.15) is 0 Å². The Morgan fingerprint density at radius 2 is 1.94 bits per heavy atom. The van der Waals surface area contributed by atoms with Crippen LogP contribution >= 0.6 is 0 Å². The predicted molar refractivity (Wildman–Crippen MR) is 78.0 cm³/mol. The van der Waals surface area contributed by atoms with Gasteiger partial charge in [-0.3, -0.25) is 4.90 Å². The zero-order valence-corrected chi connectivity index (χ0v) is 12.5. The first kappa shape index (κ1) is 14.3. The van der Waals surface area contributed by atoms with Gasteiger partial charge >= 0.3 is 0 Å². The quantitative estimate of drug-likeness (QED) is 0.824. The van der Waals surface area contributed by atoms with E-state index in [-0.39, 0.29) is 0 Å². The van der Waals surface area contributed by atoms with Crippen LogP contribution in [0.4, 0.5) is 0 Å². The van der Waals surface area contributed by atoms with Gasteiger partial charge in [0.2, 0.25) is 0 Å². The SMILES string of the molecule is CCCC1(CN2CCN(C)C(C)C2)CCNCC1. The van der Waals surface area contributed by atoms with Crippen molar-refractivity contribution in [3.63, 3.8) is 0 Å². The Bertz CT molecular complexity index is 243. The summed E-state index contributed by atoms with van der Waals surface area (Å²) in [6.07, 6.45) is 5.50. The standard InChI is InChI=1S/C15H31N3/c1-4-5-15(6-8-16-9-7-15)13-18-11-10-17(3)14(2)12-18/h14,16H,4-13H2,1-3H3. The molecule has 0 aliphatic carbocycles. The van der Waals surface area contributed by atoms with Crippen LogP contribution in [0.25, 0.3) is 0 Å². The smallest absolute Gasteiger partial charge is 0.0192 e. The van der Waals surface area contributed by atoms with Crippen molar-refractivity contribution in [3.8, 4) is 0 Å². The Balaban J connectivity index is 1.92. The van der Waals surface area contributed by atoms with Crippen LogP contribution < -0.4 is 5.32 Å². The molecule has 106 valence electrons. The van der Waals surface area contributed by atoms with Crippen LogP contribution in [0.2, 0.25) is 0 Å². The van der Waals surface area contributed by atoms with Gasteiger partial charge in [-0.15, -0.1) is 0 Å². The van der Waals surface area contributed by atoms with Gasteiger partial charge in [-0.25, -0.2) is 0 Å². The number of nitrogens with one attached hydrogen (secondary N) is 1. The summed E-state index contributed by atoms with van der Waals surface area (Å²) >= 11 is 0. The van der Waals surface area contributed by atoms with Crippen LogP contribution in [0.3, 0.4) is 0 Å². The molecule has 0 saturated carbocycles. The third kappa shape index (κ3) is 3.46. The largest absolute Gasteiger partial charge is 0.317 e. The Labute approximate surface area is 113 Å². The molecule has 2 saturated heterocycles. The van der Waals surface area contributed by atoms with Gasteiger partial charge in [0.15, 0.2) is 0 Å². The second kappa shape index (κ2) is 6.36. The summed E-state index contributed by atoms with van der Waals surface area (Å²) in [5.74, 6) is 0. The molecule has 1 unspecified atom stereocenters. The molecule has 0 spiro atoms.